The van der Waals surface area contributed by atoms with E-state index in [0.717, 1.165) is 30.3 Å². The molecule has 1 aliphatic heterocycles. The Balaban J connectivity index is 0.00000220. The number of nitrogens with zero attached hydrogens (tertiary/aromatic N) is 1. The zero-order chi connectivity index (χ0) is 14.5. The molecule has 5 heteroatoms. The maximum absolute atomic E-state index is 12.4. The fraction of sp³-hybridized carbons (Fsp3) is 0.562. The van der Waals surface area contributed by atoms with Gasteiger partial charge in [-0.1, -0.05) is 41.1 Å². The van der Waals surface area contributed by atoms with Gasteiger partial charge in [0.05, 0.1) is 0 Å². The molecule has 0 aromatic heterocycles. The van der Waals surface area contributed by atoms with Gasteiger partial charge in [0, 0.05) is 30.0 Å². The van der Waals surface area contributed by atoms with E-state index in [4.69, 9.17) is 5.73 Å². The summed E-state index contributed by atoms with van der Waals surface area (Å²) >= 11 is 3.53. The van der Waals surface area contributed by atoms with E-state index in [9.17, 15) is 4.79 Å². The Kier molecular flexibility index (Phi) is 7.71. The number of benzene rings is 1. The summed E-state index contributed by atoms with van der Waals surface area (Å²) in [5, 5.41) is 0. The van der Waals surface area contributed by atoms with Crippen LogP contribution in [0.4, 0.5) is 0 Å². The minimum absolute atomic E-state index is 0. The van der Waals surface area contributed by atoms with Gasteiger partial charge in [0.1, 0.15) is 0 Å². The van der Waals surface area contributed by atoms with Crippen molar-refractivity contribution in [3.63, 3.8) is 0 Å². The number of likely N-dealkylation sites (tertiary alicyclic amines) is 1. The zero-order valence-corrected chi connectivity index (χ0v) is 14.8. The summed E-state index contributed by atoms with van der Waals surface area (Å²) in [6, 6.07) is 8.31. The number of halogens is 2. The standard InChI is InChI=1S/C16H23BrN2O.ClH/c1-12-8-9-19(14(10-12)11-18)16(20)7-6-13-4-2-3-5-15(13)17;/h2-5,12,14H,6-11,18H2,1H3;1H. The third kappa shape index (κ3) is 4.97. The first-order valence-electron chi connectivity index (χ1n) is 7.34. The minimum atomic E-state index is 0. The van der Waals surface area contributed by atoms with Crippen LogP contribution in [0.15, 0.2) is 28.7 Å². The van der Waals surface area contributed by atoms with E-state index in [-0.39, 0.29) is 24.4 Å². The summed E-state index contributed by atoms with van der Waals surface area (Å²) in [4.78, 5) is 14.4. The monoisotopic (exact) mass is 374 g/mol. The first-order valence-corrected chi connectivity index (χ1v) is 8.14. The van der Waals surface area contributed by atoms with Gasteiger partial charge >= 0.3 is 0 Å². The first-order chi connectivity index (χ1) is 9.61. The molecule has 2 rings (SSSR count). The lowest BCUT2D eigenvalue weighted by Gasteiger charge is -2.38. The van der Waals surface area contributed by atoms with Crippen LogP contribution in [0.25, 0.3) is 0 Å². The molecule has 1 heterocycles. The second-order valence-electron chi connectivity index (χ2n) is 5.70. The summed E-state index contributed by atoms with van der Waals surface area (Å²) in [5.74, 6) is 0.916. The third-order valence-electron chi connectivity index (χ3n) is 4.14. The van der Waals surface area contributed by atoms with Crippen LogP contribution >= 0.6 is 28.3 Å². The second kappa shape index (κ2) is 8.76. The fourth-order valence-electron chi connectivity index (χ4n) is 2.89. The molecule has 1 saturated heterocycles. The van der Waals surface area contributed by atoms with Gasteiger partial charge < -0.3 is 10.6 Å². The minimum Gasteiger partial charge on any atom is -0.338 e. The van der Waals surface area contributed by atoms with Gasteiger partial charge in [-0.05, 0) is 36.8 Å². The molecule has 0 aliphatic carbocycles. The van der Waals surface area contributed by atoms with Crippen LogP contribution in [0.5, 0.6) is 0 Å². The molecule has 0 bridgehead atoms. The van der Waals surface area contributed by atoms with E-state index >= 15 is 0 Å². The van der Waals surface area contributed by atoms with Crippen molar-refractivity contribution in [3.8, 4) is 0 Å². The predicted molar refractivity (Wildman–Crippen MR) is 92.7 cm³/mol. The lowest BCUT2D eigenvalue weighted by molar-refractivity contribution is -0.135. The van der Waals surface area contributed by atoms with Gasteiger partial charge in [-0.15, -0.1) is 12.4 Å². The summed E-state index contributed by atoms with van der Waals surface area (Å²) in [5.41, 5.74) is 7.01. The average Bonchev–Trinajstić information content (AvgIpc) is 2.46. The Hall–Kier alpha value is -0.580. The summed E-state index contributed by atoms with van der Waals surface area (Å²) in [7, 11) is 0. The van der Waals surface area contributed by atoms with Crippen molar-refractivity contribution in [1.29, 1.82) is 0 Å². The van der Waals surface area contributed by atoms with Gasteiger partial charge in [0.25, 0.3) is 0 Å². The number of nitrogens with two attached hydrogens (primary N) is 1. The van der Waals surface area contributed by atoms with Gasteiger partial charge in [0.15, 0.2) is 0 Å². The fourth-order valence-corrected chi connectivity index (χ4v) is 3.37. The molecule has 21 heavy (non-hydrogen) atoms. The van der Waals surface area contributed by atoms with Gasteiger partial charge in [-0.25, -0.2) is 0 Å². The summed E-state index contributed by atoms with van der Waals surface area (Å²) in [6.07, 6.45) is 3.48. The van der Waals surface area contributed by atoms with Crippen molar-refractivity contribution < 1.29 is 4.79 Å². The van der Waals surface area contributed by atoms with Gasteiger partial charge in [0.2, 0.25) is 5.91 Å². The van der Waals surface area contributed by atoms with E-state index in [0.29, 0.717) is 18.9 Å². The number of rotatable bonds is 4. The second-order valence-corrected chi connectivity index (χ2v) is 6.55. The smallest absolute Gasteiger partial charge is 0.223 e. The molecule has 0 spiro atoms. The lowest BCUT2D eigenvalue weighted by Crippen LogP contribution is -2.49. The number of amides is 1. The van der Waals surface area contributed by atoms with Crippen LogP contribution in [-0.2, 0) is 11.2 Å². The molecule has 1 amide bonds. The highest BCUT2D eigenvalue weighted by molar-refractivity contribution is 9.10. The molecule has 2 atom stereocenters. The highest BCUT2D eigenvalue weighted by atomic mass is 79.9. The van der Waals surface area contributed by atoms with E-state index in [2.05, 4.69) is 28.9 Å². The molecule has 1 aromatic carbocycles. The van der Waals surface area contributed by atoms with Crippen LogP contribution in [0.2, 0.25) is 0 Å². The maximum atomic E-state index is 12.4. The van der Waals surface area contributed by atoms with E-state index < -0.39 is 0 Å². The van der Waals surface area contributed by atoms with Gasteiger partial charge in [-0.3, -0.25) is 4.79 Å². The molecule has 1 aromatic rings. The number of carbonyl (C=O) groups is 1. The van der Waals surface area contributed by atoms with Crippen LogP contribution in [-0.4, -0.2) is 29.9 Å². The normalized spacial score (nSPS) is 21.8. The Bertz CT molecular complexity index is 469. The highest BCUT2D eigenvalue weighted by Gasteiger charge is 2.28. The largest absolute Gasteiger partial charge is 0.338 e. The molecule has 1 aliphatic rings. The van der Waals surface area contributed by atoms with Crippen molar-refractivity contribution in [3.05, 3.63) is 34.3 Å². The molecule has 0 radical (unpaired) electrons. The Morgan fingerprint density at radius 2 is 2.14 bits per heavy atom. The average molecular weight is 376 g/mol. The van der Waals surface area contributed by atoms with Crippen LogP contribution in [0.1, 0.15) is 31.7 Å². The number of hydrogen-bond acceptors (Lipinski definition) is 2. The van der Waals surface area contributed by atoms with Crippen molar-refractivity contribution in [1.82, 2.24) is 4.90 Å². The number of hydrogen-bond donors (Lipinski definition) is 1. The van der Waals surface area contributed by atoms with Crippen molar-refractivity contribution in [2.24, 2.45) is 11.7 Å². The van der Waals surface area contributed by atoms with Gasteiger partial charge in [-0.2, -0.15) is 0 Å². The SMILES string of the molecule is CC1CCN(C(=O)CCc2ccccc2Br)C(CN)C1.Cl. The maximum Gasteiger partial charge on any atom is 0.223 e. The quantitative estimate of drug-likeness (QED) is 0.877. The predicted octanol–water partition coefficient (Wildman–Crippen LogP) is 3.39. The molecule has 2 unspecified atom stereocenters. The van der Waals surface area contributed by atoms with Crippen LogP contribution in [0.3, 0.4) is 0 Å². The van der Waals surface area contributed by atoms with Crippen LogP contribution < -0.4 is 5.73 Å². The number of carbonyl (C=O) groups excluding carboxylic acids is 1. The Labute approximate surface area is 141 Å². The Morgan fingerprint density at radius 1 is 1.43 bits per heavy atom. The van der Waals surface area contributed by atoms with Crippen LogP contribution in [0, 0.1) is 5.92 Å². The van der Waals surface area contributed by atoms with E-state index in [1.54, 1.807) is 0 Å². The summed E-state index contributed by atoms with van der Waals surface area (Å²) in [6.45, 7) is 3.68. The molecule has 3 nitrogen and oxygen atoms in total. The highest BCUT2D eigenvalue weighted by Crippen LogP contribution is 2.23. The Morgan fingerprint density at radius 3 is 2.81 bits per heavy atom. The first kappa shape index (κ1) is 18.5. The summed E-state index contributed by atoms with van der Waals surface area (Å²) < 4.78 is 1.08. The van der Waals surface area contributed by atoms with Crippen molar-refractivity contribution in [2.45, 2.75) is 38.6 Å². The van der Waals surface area contributed by atoms with E-state index in [1.807, 2.05) is 23.1 Å². The molecular weight excluding hydrogens is 352 g/mol. The zero-order valence-electron chi connectivity index (χ0n) is 12.4. The number of aryl methyl sites for hydroxylation is 1. The number of piperidine rings is 1. The molecule has 1 fully saturated rings. The molecule has 0 saturated carbocycles. The van der Waals surface area contributed by atoms with Crippen molar-refractivity contribution in [2.75, 3.05) is 13.1 Å². The molecule has 2 N–H and O–H groups in total. The molecular formula is C16H24BrClN2O. The van der Waals surface area contributed by atoms with Crippen molar-refractivity contribution >= 4 is 34.2 Å². The lowest BCUT2D eigenvalue weighted by atomic mass is 9.92. The van der Waals surface area contributed by atoms with E-state index in [1.165, 1.54) is 5.56 Å². The third-order valence-corrected chi connectivity index (χ3v) is 4.91. The topological polar surface area (TPSA) is 46.3 Å². The molecule has 118 valence electrons.